The largest absolute Gasteiger partial charge is 0.354 e. The molecule has 2 unspecified atom stereocenters. The lowest BCUT2D eigenvalue weighted by molar-refractivity contribution is 0.533. The zero-order chi connectivity index (χ0) is 18.7. The van der Waals surface area contributed by atoms with Gasteiger partial charge in [-0.25, -0.2) is 19.9 Å². The number of halogens is 1. The second-order valence-corrected chi connectivity index (χ2v) is 7.34. The molecule has 3 aromatic heterocycles. The van der Waals surface area contributed by atoms with Gasteiger partial charge >= 0.3 is 0 Å². The zero-order valence-corrected chi connectivity index (χ0v) is 15.1. The maximum absolute atomic E-state index is 13.5. The Morgan fingerprint density at radius 1 is 1.11 bits per heavy atom. The van der Waals surface area contributed by atoms with Crippen LogP contribution in [0, 0.1) is 24.6 Å². The van der Waals surface area contributed by atoms with Crippen LogP contribution in [0.1, 0.15) is 5.69 Å². The highest BCUT2D eigenvalue weighted by Gasteiger charge is 2.41. The summed E-state index contributed by atoms with van der Waals surface area (Å²) in [6.45, 7) is 4.76. The lowest BCUT2D eigenvalue weighted by atomic mass is 10.0. The molecule has 0 aliphatic carbocycles. The lowest BCUT2D eigenvalue weighted by Gasteiger charge is -2.23. The molecule has 2 saturated heterocycles. The van der Waals surface area contributed by atoms with Gasteiger partial charge in [0.05, 0.1) is 12.0 Å². The molecule has 2 fully saturated rings. The zero-order valence-electron chi connectivity index (χ0n) is 15.1. The van der Waals surface area contributed by atoms with E-state index in [4.69, 9.17) is 0 Å². The van der Waals surface area contributed by atoms with Gasteiger partial charge in [0.15, 0.2) is 17.0 Å². The first-order valence-corrected chi connectivity index (χ1v) is 8.89. The van der Waals surface area contributed by atoms with E-state index in [2.05, 4.69) is 29.8 Å². The first kappa shape index (κ1) is 16.2. The van der Waals surface area contributed by atoms with Crippen molar-refractivity contribution in [2.24, 2.45) is 18.9 Å². The number of nitrogens with one attached hydrogen (secondary N) is 1. The van der Waals surface area contributed by atoms with Crippen molar-refractivity contribution in [1.82, 2.24) is 29.5 Å². The molecule has 3 aromatic rings. The van der Waals surface area contributed by atoms with Gasteiger partial charge in [-0.1, -0.05) is 0 Å². The van der Waals surface area contributed by atoms with Crippen molar-refractivity contribution in [2.45, 2.75) is 6.92 Å². The summed E-state index contributed by atoms with van der Waals surface area (Å²) in [6, 6.07) is 0. The summed E-state index contributed by atoms with van der Waals surface area (Å²) in [5.74, 6) is 1.36. The second kappa shape index (κ2) is 5.73. The van der Waals surface area contributed by atoms with Crippen LogP contribution in [0.3, 0.4) is 0 Å². The van der Waals surface area contributed by atoms with Crippen LogP contribution in [0.2, 0.25) is 0 Å². The summed E-state index contributed by atoms with van der Waals surface area (Å²) in [4.78, 5) is 36.0. The van der Waals surface area contributed by atoms with E-state index >= 15 is 0 Å². The second-order valence-electron chi connectivity index (χ2n) is 7.34. The molecule has 5 heterocycles. The third-order valence-corrected chi connectivity index (χ3v) is 5.58. The first-order chi connectivity index (χ1) is 13.0. The fraction of sp³-hybridized carbons (Fsp3) is 0.471. The van der Waals surface area contributed by atoms with E-state index in [1.54, 1.807) is 12.7 Å². The number of aromatic nitrogens is 6. The number of imidazole rings is 1. The van der Waals surface area contributed by atoms with Crippen molar-refractivity contribution >= 4 is 22.9 Å². The molecule has 9 nitrogen and oxygen atoms in total. The molecule has 27 heavy (non-hydrogen) atoms. The van der Waals surface area contributed by atoms with Gasteiger partial charge in [-0.15, -0.1) is 0 Å². The average Bonchev–Trinajstić information content (AvgIpc) is 3.32. The van der Waals surface area contributed by atoms with Crippen molar-refractivity contribution in [1.29, 1.82) is 0 Å². The van der Waals surface area contributed by atoms with Crippen molar-refractivity contribution in [3.05, 3.63) is 34.5 Å². The fourth-order valence-electron chi connectivity index (χ4n) is 4.21. The minimum absolute atomic E-state index is 0.131. The van der Waals surface area contributed by atoms with Crippen LogP contribution in [0.15, 0.2) is 17.4 Å². The van der Waals surface area contributed by atoms with Crippen LogP contribution in [0.4, 0.5) is 16.2 Å². The maximum Gasteiger partial charge on any atom is 0.288 e. The molecule has 2 aliphatic rings. The maximum atomic E-state index is 13.5. The normalized spacial score (nSPS) is 22.0. The van der Waals surface area contributed by atoms with Gasteiger partial charge in [0.25, 0.3) is 5.56 Å². The highest BCUT2D eigenvalue weighted by Crippen LogP contribution is 2.35. The predicted octanol–water partition coefficient (Wildman–Crippen LogP) is 0.467. The number of hydrogen-bond acceptors (Lipinski definition) is 7. The summed E-state index contributed by atoms with van der Waals surface area (Å²) >= 11 is 0. The Morgan fingerprint density at radius 2 is 1.81 bits per heavy atom. The lowest BCUT2D eigenvalue weighted by Crippen LogP contribution is -2.32. The van der Waals surface area contributed by atoms with E-state index in [0.717, 1.165) is 43.2 Å². The monoisotopic (exact) mass is 370 g/mol. The average molecular weight is 370 g/mol. The molecule has 5 rings (SSSR count). The van der Waals surface area contributed by atoms with Gasteiger partial charge in [-0.05, 0) is 6.92 Å². The van der Waals surface area contributed by atoms with Gasteiger partial charge in [-0.3, -0.25) is 9.78 Å². The Kier molecular flexibility index (Phi) is 3.43. The summed E-state index contributed by atoms with van der Waals surface area (Å²) < 4.78 is 15.4. The van der Waals surface area contributed by atoms with Gasteiger partial charge in [0, 0.05) is 45.1 Å². The Morgan fingerprint density at radius 3 is 2.52 bits per heavy atom. The highest BCUT2D eigenvalue weighted by molar-refractivity contribution is 5.83. The molecule has 0 saturated carbocycles. The molecule has 0 radical (unpaired) electrons. The Balaban J connectivity index is 1.37. The molecule has 140 valence electrons. The van der Waals surface area contributed by atoms with E-state index in [0.29, 0.717) is 17.8 Å². The van der Waals surface area contributed by atoms with E-state index < -0.39 is 11.4 Å². The van der Waals surface area contributed by atoms with Gasteiger partial charge in [0.2, 0.25) is 11.8 Å². The number of anilines is 2. The number of H-pyrrole nitrogens is 1. The third kappa shape index (κ3) is 2.47. The van der Waals surface area contributed by atoms with E-state index in [-0.39, 0.29) is 5.69 Å². The minimum atomic E-state index is -0.813. The number of aryl methyl sites for hydroxylation is 2. The quantitative estimate of drug-likeness (QED) is 0.700. The van der Waals surface area contributed by atoms with Gasteiger partial charge in [0.1, 0.15) is 6.33 Å². The van der Waals surface area contributed by atoms with Gasteiger partial charge in [-0.2, -0.15) is 4.39 Å². The molecule has 10 heteroatoms. The van der Waals surface area contributed by atoms with Crippen molar-refractivity contribution in [3.8, 4) is 0 Å². The topological polar surface area (TPSA) is 95.8 Å². The number of nitrogens with zero attached hydrogens (tertiary/aromatic N) is 7. The number of aromatic amines is 1. The summed E-state index contributed by atoms with van der Waals surface area (Å²) in [6.07, 6.45) is 3.33. The molecule has 0 aromatic carbocycles. The van der Waals surface area contributed by atoms with Crippen LogP contribution in [0.5, 0.6) is 0 Å². The molecule has 1 N–H and O–H groups in total. The van der Waals surface area contributed by atoms with Gasteiger partial charge < -0.3 is 14.4 Å². The minimum Gasteiger partial charge on any atom is -0.354 e. The fourth-order valence-corrected chi connectivity index (χ4v) is 4.21. The summed E-state index contributed by atoms with van der Waals surface area (Å²) in [5.41, 5.74) is 1.06. The number of rotatable bonds is 2. The highest BCUT2D eigenvalue weighted by atomic mass is 19.1. The molecule has 2 aliphatic heterocycles. The molecule has 0 amide bonds. The molecule has 0 bridgehead atoms. The Hall–Kier alpha value is -3.04. The Bertz CT molecular complexity index is 1080. The number of fused-ring (bicyclic) bond motifs is 2. The Labute approximate surface area is 153 Å². The van der Waals surface area contributed by atoms with E-state index in [9.17, 15) is 9.18 Å². The van der Waals surface area contributed by atoms with Crippen molar-refractivity contribution < 1.29 is 4.39 Å². The predicted molar refractivity (Wildman–Crippen MR) is 97.3 cm³/mol. The smallest absolute Gasteiger partial charge is 0.288 e. The molecule has 2 atom stereocenters. The number of hydrogen-bond donors (Lipinski definition) is 1. The van der Waals surface area contributed by atoms with Crippen LogP contribution < -0.4 is 15.4 Å². The third-order valence-electron chi connectivity index (χ3n) is 5.58. The summed E-state index contributed by atoms with van der Waals surface area (Å²) in [7, 11) is 1.92. The van der Waals surface area contributed by atoms with Crippen LogP contribution in [-0.4, -0.2) is 55.7 Å². The van der Waals surface area contributed by atoms with Crippen molar-refractivity contribution in [3.63, 3.8) is 0 Å². The van der Waals surface area contributed by atoms with E-state index in [1.807, 2.05) is 16.5 Å². The molecular weight excluding hydrogens is 351 g/mol. The molecule has 0 spiro atoms. The standard InChI is InChI=1S/C17H19FN8O/c1-9-12(18)16(27)23-17(22-9)26-5-10-3-25(4-11(10)6-26)15-13-14(19-7-20-15)24(2)8-21-13/h7-8,10-11H,3-6H2,1-2H3,(H,22,23,27). The van der Waals surface area contributed by atoms with E-state index in [1.165, 1.54) is 6.92 Å². The first-order valence-electron chi connectivity index (χ1n) is 8.89. The van der Waals surface area contributed by atoms with Crippen LogP contribution >= 0.6 is 0 Å². The SMILES string of the molecule is Cc1nc(N2CC3CN(c4ncnc5c4ncn5C)CC3C2)[nH]c(=O)c1F. The van der Waals surface area contributed by atoms with Crippen LogP contribution in [0.25, 0.3) is 11.2 Å². The van der Waals surface area contributed by atoms with Crippen LogP contribution in [-0.2, 0) is 7.05 Å². The van der Waals surface area contributed by atoms with Crippen molar-refractivity contribution in [2.75, 3.05) is 36.0 Å². The molecular formula is C17H19FN8O. The summed E-state index contributed by atoms with van der Waals surface area (Å²) in [5, 5.41) is 0.